The molecule has 152 valence electrons. The molecule has 11 heteroatoms. The Morgan fingerprint density at radius 1 is 1.31 bits per heavy atom. The zero-order valence-electron chi connectivity index (χ0n) is 14.5. The molecule has 0 unspecified atom stereocenters. The molecule has 29 heavy (non-hydrogen) atoms. The average molecular weight is 429 g/mol. The van der Waals surface area contributed by atoms with Crippen molar-refractivity contribution in [2.24, 2.45) is 0 Å². The first-order chi connectivity index (χ1) is 13.7. The first-order valence-corrected chi connectivity index (χ1v) is 8.83. The number of nitrogens with zero attached hydrogens (tertiary/aromatic N) is 2. The van der Waals surface area contributed by atoms with Crippen LogP contribution in [0.5, 0.6) is 0 Å². The molecule has 3 aromatic rings. The molecule has 1 aliphatic heterocycles. The minimum absolute atomic E-state index is 0.0299. The van der Waals surface area contributed by atoms with Crippen molar-refractivity contribution in [1.29, 1.82) is 0 Å². The van der Waals surface area contributed by atoms with Crippen molar-refractivity contribution in [2.75, 3.05) is 10.6 Å². The molecule has 2 aromatic heterocycles. The summed E-state index contributed by atoms with van der Waals surface area (Å²) in [5.41, 5.74) is -0.0524. The van der Waals surface area contributed by atoms with Gasteiger partial charge in [-0.15, -0.1) is 0 Å². The van der Waals surface area contributed by atoms with E-state index < -0.39 is 30.0 Å². The lowest BCUT2D eigenvalue weighted by atomic mass is 10.0. The predicted molar refractivity (Wildman–Crippen MR) is 96.4 cm³/mol. The summed E-state index contributed by atoms with van der Waals surface area (Å²) in [5.74, 6) is -1.05. The van der Waals surface area contributed by atoms with Gasteiger partial charge in [0.2, 0.25) is 0 Å². The summed E-state index contributed by atoms with van der Waals surface area (Å²) in [7, 11) is 0. The van der Waals surface area contributed by atoms with Crippen LogP contribution in [0.2, 0.25) is 5.02 Å². The quantitative estimate of drug-likeness (QED) is 0.564. The van der Waals surface area contributed by atoms with E-state index in [2.05, 4.69) is 15.7 Å². The van der Waals surface area contributed by atoms with E-state index in [9.17, 15) is 22.4 Å². The zero-order valence-corrected chi connectivity index (χ0v) is 15.3. The number of nitrogens with one attached hydrogen (secondary N) is 2. The summed E-state index contributed by atoms with van der Waals surface area (Å²) < 4.78 is 60.0. The number of hydrogen-bond acceptors (Lipinski definition) is 4. The van der Waals surface area contributed by atoms with Gasteiger partial charge in [-0.2, -0.15) is 18.3 Å². The lowest BCUT2D eigenvalue weighted by Gasteiger charge is -2.32. The van der Waals surface area contributed by atoms with Crippen molar-refractivity contribution in [3.05, 3.63) is 65.0 Å². The maximum absolute atomic E-state index is 13.6. The summed E-state index contributed by atoms with van der Waals surface area (Å²) in [6, 6.07) is 5.23. The summed E-state index contributed by atoms with van der Waals surface area (Å²) in [5, 5.41) is 8.98. The summed E-state index contributed by atoms with van der Waals surface area (Å²) in [6.07, 6.45) is -3.55. The number of anilines is 2. The normalized spacial score (nSPS) is 18.8. The number of furan rings is 1. The van der Waals surface area contributed by atoms with Crippen LogP contribution in [-0.4, -0.2) is 21.9 Å². The van der Waals surface area contributed by atoms with Gasteiger partial charge in [-0.25, -0.2) is 9.07 Å². The fraction of sp³-hybridized carbons (Fsp3) is 0.222. The Labute approximate surface area is 166 Å². The lowest BCUT2D eigenvalue weighted by Crippen LogP contribution is -2.35. The number of amides is 1. The molecule has 0 fully saturated rings. The van der Waals surface area contributed by atoms with Gasteiger partial charge < -0.3 is 15.1 Å². The third-order valence-electron chi connectivity index (χ3n) is 4.49. The molecule has 0 spiro atoms. The monoisotopic (exact) mass is 428 g/mol. The Morgan fingerprint density at radius 2 is 2.10 bits per heavy atom. The number of hydrogen-bond donors (Lipinski definition) is 2. The first kappa shape index (κ1) is 19.3. The van der Waals surface area contributed by atoms with Gasteiger partial charge in [0.15, 0.2) is 11.7 Å². The van der Waals surface area contributed by atoms with E-state index in [0.29, 0.717) is 5.76 Å². The molecule has 0 saturated carbocycles. The van der Waals surface area contributed by atoms with Crippen LogP contribution < -0.4 is 10.6 Å². The van der Waals surface area contributed by atoms with Gasteiger partial charge in [0.25, 0.3) is 5.91 Å². The standard InChI is InChI=1S/C18H13ClF4N4O2/c19-10-6-9(3-4-11(10)20)24-17(28)13-8-16-25-12(14-2-1-5-29-14)7-15(18(21,22)23)27(16)26-13/h1-6,8,12,15,25H,7H2,(H,24,28)/t12-,15+/m1/s1. The fourth-order valence-electron chi connectivity index (χ4n) is 3.13. The Balaban J connectivity index is 1.63. The molecule has 0 radical (unpaired) electrons. The molecule has 1 amide bonds. The number of halogens is 5. The minimum Gasteiger partial charge on any atom is -0.467 e. The minimum atomic E-state index is -4.58. The third kappa shape index (κ3) is 3.80. The number of alkyl halides is 3. The van der Waals surface area contributed by atoms with Crippen molar-refractivity contribution >= 4 is 29.0 Å². The molecule has 6 nitrogen and oxygen atoms in total. The van der Waals surface area contributed by atoms with Gasteiger partial charge in [-0.3, -0.25) is 4.79 Å². The highest BCUT2D eigenvalue weighted by Gasteiger charge is 2.47. The van der Waals surface area contributed by atoms with E-state index in [-0.39, 0.29) is 28.6 Å². The van der Waals surface area contributed by atoms with E-state index in [1.807, 2.05) is 0 Å². The van der Waals surface area contributed by atoms with E-state index >= 15 is 0 Å². The first-order valence-electron chi connectivity index (χ1n) is 8.45. The van der Waals surface area contributed by atoms with E-state index in [0.717, 1.165) is 10.7 Å². The second-order valence-corrected chi connectivity index (χ2v) is 6.86. The van der Waals surface area contributed by atoms with E-state index in [4.69, 9.17) is 16.0 Å². The highest BCUT2D eigenvalue weighted by molar-refractivity contribution is 6.31. The number of carbonyl (C=O) groups excluding carboxylic acids is 1. The predicted octanol–water partition coefficient (Wildman–Crippen LogP) is 5.18. The zero-order chi connectivity index (χ0) is 20.8. The second-order valence-electron chi connectivity index (χ2n) is 6.45. The number of rotatable bonds is 3. The summed E-state index contributed by atoms with van der Waals surface area (Å²) in [4.78, 5) is 12.4. The van der Waals surface area contributed by atoms with Crippen molar-refractivity contribution < 1.29 is 26.8 Å². The van der Waals surface area contributed by atoms with Crippen molar-refractivity contribution in [3.63, 3.8) is 0 Å². The molecule has 1 aliphatic rings. The highest BCUT2D eigenvalue weighted by atomic mass is 35.5. The number of fused-ring (bicyclic) bond motifs is 1. The second kappa shape index (κ2) is 7.11. The van der Waals surface area contributed by atoms with Crippen LogP contribution in [0.4, 0.5) is 29.1 Å². The Kier molecular flexibility index (Phi) is 4.73. The molecule has 0 bridgehead atoms. The molecular weight excluding hydrogens is 416 g/mol. The van der Waals surface area contributed by atoms with Gasteiger partial charge in [0, 0.05) is 18.2 Å². The van der Waals surface area contributed by atoms with Crippen molar-refractivity contribution in [3.8, 4) is 0 Å². The lowest BCUT2D eigenvalue weighted by molar-refractivity contribution is -0.174. The van der Waals surface area contributed by atoms with Gasteiger partial charge >= 0.3 is 6.18 Å². The van der Waals surface area contributed by atoms with Crippen LogP contribution >= 0.6 is 11.6 Å². The van der Waals surface area contributed by atoms with Crippen LogP contribution in [0.25, 0.3) is 0 Å². The average Bonchev–Trinajstić information content (AvgIpc) is 3.32. The molecule has 2 N–H and O–H groups in total. The molecular formula is C18H13ClF4N4O2. The van der Waals surface area contributed by atoms with Gasteiger partial charge in [-0.1, -0.05) is 11.6 Å². The molecule has 4 rings (SSSR count). The van der Waals surface area contributed by atoms with Crippen LogP contribution in [0.3, 0.4) is 0 Å². The Bertz CT molecular complexity index is 1050. The van der Waals surface area contributed by atoms with E-state index in [1.54, 1.807) is 12.1 Å². The SMILES string of the molecule is O=C(Nc1ccc(F)c(Cl)c1)c1cc2n(n1)[C@H](C(F)(F)F)C[C@H](c1ccco1)N2. The number of aromatic nitrogens is 2. The maximum Gasteiger partial charge on any atom is 0.410 e. The van der Waals surface area contributed by atoms with Gasteiger partial charge in [0.1, 0.15) is 17.4 Å². The van der Waals surface area contributed by atoms with Crippen LogP contribution in [-0.2, 0) is 0 Å². The largest absolute Gasteiger partial charge is 0.467 e. The Hall–Kier alpha value is -3.01. The van der Waals surface area contributed by atoms with Gasteiger partial charge in [-0.05, 0) is 30.3 Å². The summed E-state index contributed by atoms with van der Waals surface area (Å²) >= 11 is 5.67. The topological polar surface area (TPSA) is 72.1 Å². The molecule has 1 aromatic carbocycles. The highest BCUT2D eigenvalue weighted by Crippen LogP contribution is 2.43. The van der Waals surface area contributed by atoms with Crippen LogP contribution in [0.1, 0.15) is 34.8 Å². The van der Waals surface area contributed by atoms with Gasteiger partial charge in [0.05, 0.1) is 17.3 Å². The molecule has 3 heterocycles. The summed E-state index contributed by atoms with van der Waals surface area (Å²) in [6.45, 7) is 0. The smallest absolute Gasteiger partial charge is 0.410 e. The number of benzene rings is 1. The third-order valence-corrected chi connectivity index (χ3v) is 4.78. The van der Waals surface area contributed by atoms with Crippen LogP contribution in [0, 0.1) is 5.82 Å². The molecule has 0 saturated heterocycles. The van der Waals surface area contributed by atoms with Crippen molar-refractivity contribution in [1.82, 2.24) is 9.78 Å². The molecule has 2 atom stereocenters. The molecule has 0 aliphatic carbocycles. The van der Waals surface area contributed by atoms with Crippen molar-refractivity contribution in [2.45, 2.75) is 24.7 Å². The van der Waals surface area contributed by atoms with E-state index in [1.165, 1.54) is 24.5 Å². The van der Waals surface area contributed by atoms with Crippen LogP contribution in [0.15, 0.2) is 47.1 Å². The Morgan fingerprint density at radius 3 is 2.76 bits per heavy atom. The number of carbonyl (C=O) groups is 1. The fourth-order valence-corrected chi connectivity index (χ4v) is 3.31. The maximum atomic E-state index is 13.6.